The summed E-state index contributed by atoms with van der Waals surface area (Å²) in [5, 5.41) is 0. The van der Waals surface area contributed by atoms with E-state index in [2.05, 4.69) is 6.92 Å². The summed E-state index contributed by atoms with van der Waals surface area (Å²) in [5.41, 5.74) is 0.123. The maximum atomic E-state index is 11.1. The van der Waals surface area contributed by atoms with Crippen LogP contribution in [0, 0.1) is 17.3 Å². The minimum Gasteiger partial charge on any atom is -0.299 e. The second-order valence-electron chi connectivity index (χ2n) is 3.98. The lowest BCUT2D eigenvalue weighted by atomic mass is 9.94. The molecule has 0 bridgehead atoms. The third-order valence-electron chi connectivity index (χ3n) is 3.71. The summed E-state index contributed by atoms with van der Waals surface area (Å²) in [4.78, 5) is 11.1. The van der Waals surface area contributed by atoms with E-state index in [0.717, 1.165) is 11.8 Å². The van der Waals surface area contributed by atoms with E-state index < -0.39 is 0 Å². The standard InChI is InChI=1S/C9H14O/c1-6(10)9(2)7-4-3-5-8(7)9/h7-8H,3-5H2,1-2H3/t7-,8+,9?. The highest BCUT2D eigenvalue weighted by Gasteiger charge is 2.65. The van der Waals surface area contributed by atoms with Crippen LogP contribution >= 0.6 is 0 Å². The normalized spacial score (nSPS) is 50.6. The Kier molecular flexibility index (Phi) is 1.04. The Hall–Kier alpha value is -0.330. The monoisotopic (exact) mass is 138 g/mol. The lowest BCUT2D eigenvalue weighted by molar-refractivity contribution is -0.122. The third kappa shape index (κ3) is 0.518. The first-order valence-corrected chi connectivity index (χ1v) is 4.18. The van der Waals surface area contributed by atoms with E-state index in [4.69, 9.17) is 0 Å². The second kappa shape index (κ2) is 1.63. The van der Waals surface area contributed by atoms with Crippen LogP contribution < -0.4 is 0 Å². The summed E-state index contributed by atoms with van der Waals surface area (Å²) in [7, 11) is 0. The molecular weight excluding hydrogens is 124 g/mol. The Morgan fingerprint density at radius 1 is 1.40 bits per heavy atom. The second-order valence-corrected chi connectivity index (χ2v) is 3.98. The Morgan fingerprint density at radius 3 is 2.20 bits per heavy atom. The number of carbonyl (C=O) groups is 1. The van der Waals surface area contributed by atoms with Gasteiger partial charge < -0.3 is 0 Å². The van der Waals surface area contributed by atoms with Crippen LogP contribution in [0.15, 0.2) is 0 Å². The van der Waals surface area contributed by atoms with Gasteiger partial charge in [-0.25, -0.2) is 0 Å². The van der Waals surface area contributed by atoms with Crippen LogP contribution in [0.25, 0.3) is 0 Å². The van der Waals surface area contributed by atoms with Crippen molar-refractivity contribution in [1.82, 2.24) is 0 Å². The van der Waals surface area contributed by atoms with E-state index in [1.165, 1.54) is 19.3 Å². The topological polar surface area (TPSA) is 17.1 Å². The number of carbonyl (C=O) groups excluding carboxylic acids is 1. The van der Waals surface area contributed by atoms with Crippen LogP contribution in [0.1, 0.15) is 33.1 Å². The van der Waals surface area contributed by atoms with Crippen molar-refractivity contribution in [3.63, 3.8) is 0 Å². The molecule has 0 amide bonds. The van der Waals surface area contributed by atoms with Gasteiger partial charge in [0, 0.05) is 5.41 Å². The van der Waals surface area contributed by atoms with Gasteiger partial charge in [-0.3, -0.25) is 4.79 Å². The molecule has 2 aliphatic rings. The van der Waals surface area contributed by atoms with Gasteiger partial charge in [0.2, 0.25) is 0 Å². The van der Waals surface area contributed by atoms with Crippen molar-refractivity contribution in [3.8, 4) is 0 Å². The van der Waals surface area contributed by atoms with Crippen molar-refractivity contribution in [2.75, 3.05) is 0 Å². The quantitative estimate of drug-likeness (QED) is 0.541. The molecule has 10 heavy (non-hydrogen) atoms. The Morgan fingerprint density at radius 2 is 1.90 bits per heavy atom. The fourth-order valence-corrected chi connectivity index (χ4v) is 2.78. The molecule has 3 atom stereocenters. The van der Waals surface area contributed by atoms with Gasteiger partial charge in [-0.2, -0.15) is 0 Å². The smallest absolute Gasteiger partial charge is 0.136 e. The van der Waals surface area contributed by atoms with E-state index in [9.17, 15) is 4.79 Å². The molecule has 2 fully saturated rings. The zero-order valence-electron chi connectivity index (χ0n) is 6.68. The molecule has 0 heterocycles. The van der Waals surface area contributed by atoms with Crippen molar-refractivity contribution in [3.05, 3.63) is 0 Å². The predicted molar refractivity (Wildman–Crippen MR) is 39.6 cm³/mol. The van der Waals surface area contributed by atoms with Crippen molar-refractivity contribution >= 4 is 5.78 Å². The Balaban J connectivity index is 2.17. The molecule has 1 heteroatoms. The molecule has 1 unspecified atom stereocenters. The minimum absolute atomic E-state index is 0.123. The maximum Gasteiger partial charge on any atom is 0.136 e. The number of Topliss-reactive ketones (excluding diaryl/α,β-unsaturated/α-hetero) is 1. The highest BCUT2D eigenvalue weighted by Crippen LogP contribution is 2.67. The van der Waals surface area contributed by atoms with E-state index in [-0.39, 0.29) is 5.41 Å². The van der Waals surface area contributed by atoms with Crippen molar-refractivity contribution in [2.45, 2.75) is 33.1 Å². The number of rotatable bonds is 1. The summed E-state index contributed by atoms with van der Waals surface area (Å²) in [5.74, 6) is 1.96. The van der Waals surface area contributed by atoms with E-state index in [1.54, 1.807) is 6.92 Å². The lowest BCUT2D eigenvalue weighted by Gasteiger charge is -2.09. The first-order valence-electron chi connectivity index (χ1n) is 4.18. The van der Waals surface area contributed by atoms with Crippen LogP contribution in [0.3, 0.4) is 0 Å². The molecule has 1 nitrogen and oxygen atoms in total. The van der Waals surface area contributed by atoms with Crippen LogP contribution in [-0.2, 0) is 4.79 Å². The molecule has 0 aliphatic heterocycles. The molecule has 0 aromatic rings. The molecule has 2 aliphatic carbocycles. The maximum absolute atomic E-state index is 11.1. The van der Waals surface area contributed by atoms with E-state index in [0.29, 0.717) is 5.78 Å². The van der Waals surface area contributed by atoms with Crippen molar-refractivity contribution in [2.24, 2.45) is 17.3 Å². The summed E-state index contributed by atoms with van der Waals surface area (Å²) < 4.78 is 0. The molecule has 0 saturated heterocycles. The molecule has 0 spiro atoms. The Labute approximate surface area is 61.8 Å². The number of fused-ring (bicyclic) bond motifs is 1. The molecule has 0 N–H and O–H groups in total. The number of hydrogen-bond acceptors (Lipinski definition) is 1. The lowest BCUT2D eigenvalue weighted by Crippen LogP contribution is -2.13. The van der Waals surface area contributed by atoms with Crippen molar-refractivity contribution in [1.29, 1.82) is 0 Å². The van der Waals surface area contributed by atoms with Gasteiger partial charge in [0.1, 0.15) is 5.78 Å². The summed E-state index contributed by atoms with van der Waals surface area (Å²) >= 11 is 0. The zero-order chi connectivity index (χ0) is 7.35. The molecule has 0 aromatic carbocycles. The zero-order valence-corrected chi connectivity index (χ0v) is 6.68. The van der Waals surface area contributed by atoms with E-state index >= 15 is 0 Å². The average Bonchev–Trinajstić information content (AvgIpc) is 2.28. The molecule has 0 radical (unpaired) electrons. The SMILES string of the molecule is CC(=O)C1(C)[C@@H]2CCC[C@@H]21. The molecule has 2 saturated carbocycles. The van der Waals surface area contributed by atoms with Gasteiger partial charge in [0.25, 0.3) is 0 Å². The van der Waals surface area contributed by atoms with Gasteiger partial charge in [-0.05, 0) is 31.6 Å². The largest absolute Gasteiger partial charge is 0.299 e. The van der Waals surface area contributed by atoms with Crippen LogP contribution in [0.4, 0.5) is 0 Å². The third-order valence-corrected chi connectivity index (χ3v) is 3.71. The average molecular weight is 138 g/mol. The summed E-state index contributed by atoms with van der Waals surface area (Å²) in [6.07, 6.45) is 3.97. The van der Waals surface area contributed by atoms with Gasteiger partial charge >= 0.3 is 0 Å². The predicted octanol–water partition coefficient (Wildman–Crippen LogP) is 2.01. The minimum atomic E-state index is 0.123. The highest BCUT2D eigenvalue weighted by molar-refractivity contribution is 5.86. The van der Waals surface area contributed by atoms with Crippen LogP contribution in [0.2, 0.25) is 0 Å². The molecule has 0 aromatic heterocycles. The molecular formula is C9H14O. The van der Waals surface area contributed by atoms with Crippen LogP contribution in [0.5, 0.6) is 0 Å². The van der Waals surface area contributed by atoms with Crippen LogP contribution in [-0.4, -0.2) is 5.78 Å². The Bertz CT molecular complexity index is 173. The highest BCUT2D eigenvalue weighted by atomic mass is 16.1. The number of ketones is 1. The van der Waals surface area contributed by atoms with Gasteiger partial charge in [0.05, 0.1) is 0 Å². The van der Waals surface area contributed by atoms with Gasteiger partial charge in [0.15, 0.2) is 0 Å². The van der Waals surface area contributed by atoms with Crippen molar-refractivity contribution < 1.29 is 4.79 Å². The fourth-order valence-electron chi connectivity index (χ4n) is 2.78. The summed E-state index contributed by atoms with van der Waals surface area (Å²) in [6.45, 7) is 3.89. The first-order chi connectivity index (χ1) is 4.67. The summed E-state index contributed by atoms with van der Waals surface area (Å²) in [6, 6.07) is 0. The van der Waals surface area contributed by atoms with Gasteiger partial charge in [-0.15, -0.1) is 0 Å². The first kappa shape index (κ1) is 6.38. The number of hydrogen-bond donors (Lipinski definition) is 0. The molecule has 2 rings (SSSR count). The van der Waals surface area contributed by atoms with Gasteiger partial charge in [-0.1, -0.05) is 13.3 Å². The fraction of sp³-hybridized carbons (Fsp3) is 0.889. The van der Waals surface area contributed by atoms with E-state index in [1.807, 2.05) is 0 Å². The molecule has 56 valence electrons.